The van der Waals surface area contributed by atoms with Crippen LogP contribution in [0, 0.1) is 0 Å². The Morgan fingerprint density at radius 1 is 1.23 bits per heavy atom. The van der Waals surface area contributed by atoms with Gasteiger partial charge in [-0.15, -0.1) is 0 Å². The Bertz CT molecular complexity index is 907. The Morgan fingerprint density at radius 3 is 2.50 bits per heavy atom. The van der Waals surface area contributed by atoms with E-state index in [1.54, 1.807) is 25.3 Å². The monoisotopic (exact) mass is 437 g/mol. The summed E-state index contributed by atoms with van der Waals surface area (Å²) in [7, 11) is 0.0776. The van der Waals surface area contributed by atoms with Crippen molar-refractivity contribution in [1.82, 2.24) is 15.5 Å². The Hall–Kier alpha value is -2.40. The molecule has 0 radical (unpaired) electrons. The van der Waals surface area contributed by atoms with Gasteiger partial charge >= 0.3 is 0 Å². The molecule has 0 bridgehead atoms. The summed E-state index contributed by atoms with van der Waals surface area (Å²) in [5.74, 6) is 1.40. The molecule has 0 saturated carbocycles. The molecule has 0 aliphatic rings. The number of furan rings is 1. The molecule has 30 heavy (non-hydrogen) atoms. The smallest absolute Gasteiger partial charge is 0.238 e. The van der Waals surface area contributed by atoms with Gasteiger partial charge in [-0.05, 0) is 50.8 Å². The maximum absolute atomic E-state index is 11.4. The van der Waals surface area contributed by atoms with Crippen molar-refractivity contribution < 1.29 is 17.9 Å². The lowest BCUT2D eigenvalue weighted by Gasteiger charge is -2.28. The summed E-state index contributed by atoms with van der Waals surface area (Å²) in [6.45, 7) is 3.49. The lowest BCUT2D eigenvalue weighted by molar-refractivity contribution is 0.0377. The molecule has 5 N–H and O–H groups in total. The fourth-order valence-corrected chi connectivity index (χ4v) is 3.41. The largest absolute Gasteiger partial charge is 0.469 e. The van der Waals surface area contributed by atoms with E-state index in [0.717, 1.165) is 11.3 Å². The molecule has 9 nitrogen and oxygen atoms in total. The molecule has 0 fully saturated rings. The molecule has 1 heterocycles. The van der Waals surface area contributed by atoms with E-state index in [1.165, 1.54) is 12.1 Å². The summed E-state index contributed by atoms with van der Waals surface area (Å²) in [4.78, 5) is 6.52. The van der Waals surface area contributed by atoms with Crippen LogP contribution in [-0.2, 0) is 23.0 Å². The first-order valence-corrected chi connectivity index (χ1v) is 11.1. The Kier molecular flexibility index (Phi) is 8.42. The van der Waals surface area contributed by atoms with Crippen LogP contribution in [0.1, 0.15) is 18.2 Å². The Morgan fingerprint density at radius 2 is 1.93 bits per heavy atom. The van der Waals surface area contributed by atoms with Crippen LogP contribution >= 0.6 is 0 Å². The highest BCUT2D eigenvalue weighted by atomic mass is 32.2. The second-order valence-corrected chi connectivity index (χ2v) is 9.26. The van der Waals surface area contributed by atoms with Crippen molar-refractivity contribution in [1.29, 1.82) is 0 Å². The van der Waals surface area contributed by atoms with Gasteiger partial charge in [0, 0.05) is 26.1 Å². The van der Waals surface area contributed by atoms with Crippen LogP contribution in [0.3, 0.4) is 0 Å². The van der Waals surface area contributed by atoms with E-state index >= 15 is 0 Å². The quantitative estimate of drug-likeness (QED) is 0.314. The molecule has 0 saturated heterocycles. The van der Waals surface area contributed by atoms with Gasteiger partial charge in [0.05, 0.1) is 23.3 Å². The van der Waals surface area contributed by atoms with Crippen molar-refractivity contribution in [3.63, 3.8) is 0 Å². The summed E-state index contributed by atoms with van der Waals surface area (Å²) in [5, 5.41) is 22.1. The number of guanidine groups is 1. The Balaban J connectivity index is 2.02. The van der Waals surface area contributed by atoms with Gasteiger partial charge in [0.2, 0.25) is 10.0 Å². The molecular formula is C20H31N5O4S. The van der Waals surface area contributed by atoms with Gasteiger partial charge in [0.15, 0.2) is 5.96 Å². The predicted molar refractivity (Wildman–Crippen MR) is 117 cm³/mol. The lowest BCUT2D eigenvalue weighted by atomic mass is 10.1. The van der Waals surface area contributed by atoms with Crippen LogP contribution in [0.25, 0.3) is 0 Å². The Labute approximate surface area is 178 Å². The average Bonchev–Trinajstić information content (AvgIpc) is 3.15. The van der Waals surface area contributed by atoms with Crippen LogP contribution in [0.5, 0.6) is 0 Å². The number of aliphatic hydroxyl groups is 1. The third-order valence-corrected chi connectivity index (χ3v) is 5.14. The topological polar surface area (TPSA) is 133 Å². The average molecular weight is 438 g/mol. The predicted octanol–water partition coefficient (Wildman–Crippen LogP) is 0.518. The minimum atomic E-state index is -3.72. The van der Waals surface area contributed by atoms with Crippen LogP contribution in [0.2, 0.25) is 0 Å². The van der Waals surface area contributed by atoms with Crippen LogP contribution in [0.15, 0.2) is 57.0 Å². The normalized spacial score (nSPS) is 14.5. The fourth-order valence-electron chi connectivity index (χ4n) is 2.90. The molecular weight excluding hydrogens is 406 g/mol. The summed E-state index contributed by atoms with van der Waals surface area (Å²) < 4.78 is 28.1. The zero-order valence-electron chi connectivity index (χ0n) is 17.6. The van der Waals surface area contributed by atoms with Crippen molar-refractivity contribution in [3.05, 3.63) is 54.0 Å². The molecule has 0 spiro atoms. The van der Waals surface area contributed by atoms with Crippen molar-refractivity contribution in [2.24, 2.45) is 10.1 Å². The number of sulfonamides is 1. The van der Waals surface area contributed by atoms with E-state index in [1.807, 2.05) is 31.1 Å². The number of rotatable bonds is 10. The van der Waals surface area contributed by atoms with Crippen molar-refractivity contribution in [2.45, 2.75) is 30.4 Å². The minimum absolute atomic E-state index is 0.0601. The highest BCUT2D eigenvalue weighted by Gasteiger charge is 2.21. The molecule has 0 aliphatic carbocycles. The molecule has 1 aromatic heterocycles. The van der Waals surface area contributed by atoms with Crippen molar-refractivity contribution in [2.75, 3.05) is 33.7 Å². The lowest BCUT2D eigenvalue weighted by Crippen LogP contribution is -2.50. The zero-order valence-corrected chi connectivity index (χ0v) is 18.4. The third-order valence-electron chi connectivity index (χ3n) is 4.21. The number of nitrogens with one attached hydrogen (secondary N) is 2. The van der Waals surface area contributed by atoms with Crippen LogP contribution in [-0.4, -0.2) is 63.7 Å². The second kappa shape index (κ2) is 10.6. The van der Waals surface area contributed by atoms with E-state index < -0.39 is 15.6 Å². The van der Waals surface area contributed by atoms with E-state index in [0.29, 0.717) is 38.6 Å². The number of primary sulfonamides is 1. The highest BCUT2D eigenvalue weighted by Crippen LogP contribution is 2.10. The SMILES string of the molecule is CN(C)CC(C)(O)CNC(=NCc1ccc(S(N)(=O)=O)cc1)NCCc1ccco1. The summed E-state index contributed by atoms with van der Waals surface area (Å²) in [6, 6.07) is 10.0. The minimum Gasteiger partial charge on any atom is -0.469 e. The van der Waals surface area contributed by atoms with Gasteiger partial charge in [-0.1, -0.05) is 12.1 Å². The van der Waals surface area contributed by atoms with Gasteiger partial charge in [-0.25, -0.2) is 18.5 Å². The molecule has 1 unspecified atom stereocenters. The summed E-state index contributed by atoms with van der Waals surface area (Å²) >= 11 is 0. The molecule has 10 heteroatoms. The van der Waals surface area contributed by atoms with Gasteiger partial charge in [-0.3, -0.25) is 0 Å². The van der Waals surface area contributed by atoms with Gasteiger partial charge in [-0.2, -0.15) is 0 Å². The van der Waals surface area contributed by atoms with E-state index in [4.69, 9.17) is 9.56 Å². The first-order chi connectivity index (χ1) is 14.0. The standard InChI is InChI=1S/C20H31N5O4S/c1-20(26,15-25(2)3)14-24-19(22-11-10-17-5-4-12-29-17)23-13-16-6-8-18(9-7-16)30(21,27)28/h4-9,12,26H,10-11,13-15H2,1-3H3,(H2,21,27,28)(H2,22,23,24). The molecule has 166 valence electrons. The molecule has 0 aliphatic heterocycles. The van der Waals surface area contributed by atoms with E-state index in [-0.39, 0.29) is 4.90 Å². The maximum Gasteiger partial charge on any atom is 0.238 e. The molecule has 1 aromatic carbocycles. The van der Waals surface area contributed by atoms with Crippen LogP contribution < -0.4 is 15.8 Å². The van der Waals surface area contributed by atoms with Crippen molar-refractivity contribution >= 4 is 16.0 Å². The molecule has 0 amide bonds. The first kappa shape index (κ1) is 23.9. The number of nitrogens with zero attached hydrogens (tertiary/aromatic N) is 2. The fraction of sp³-hybridized carbons (Fsp3) is 0.450. The number of hydrogen-bond donors (Lipinski definition) is 4. The second-order valence-electron chi connectivity index (χ2n) is 7.70. The molecule has 1 atom stereocenters. The zero-order chi connectivity index (χ0) is 22.2. The third kappa shape index (κ3) is 8.54. The number of hydrogen-bond acceptors (Lipinski definition) is 6. The van der Waals surface area contributed by atoms with Crippen molar-refractivity contribution in [3.8, 4) is 0 Å². The van der Waals surface area contributed by atoms with Gasteiger partial charge in [0.1, 0.15) is 5.76 Å². The summed E-state index contributed by atoms with van der Waals surface area (Å²) in [5.41, 5.74) is -0.112. The maximum atomic E-state index is 11.4. The molecule has 2 aromatic rings. The number of nitrogens with two attached hydrogens (primary N) is 1. The van der Waals surface area contributed by atoms with E-state index in [2.05, 4.69) is 15.6 Å². The number of aliphatic imine (C=N–C) groups is 1. The van der Waals surface area contributed by atoms with E-state index in [9.17, 15) is 13.5 Å². The van der Waals surface area contributed by atoms with Gasteiger partial charge in [0.25, 0.3) is 0 Å². The number of benzene rings is 1. The first-order valence-electron chi connectivity index (χ1n) is 9.59. The van der Waals surface area contributed by atoms with Crippen LogP contribution in [0.4, 0.5) is 0 Å². The highest BCUT2D eigenvalue weighted by molar-refractivity contribution is 7.89. The summed E-state index contributed by atoms with van der Waals surface area (Å²) in [6.07, 6.45) is 2.32. The van der Waals surface area contributed by atoms with Gasteiger partial charge < -0.3 is 25.1 Å². The number of likely N-dealkylation sites (N-methyl/N-ethyl adjacent to an activating group) is 1. The molecule has 2 rings (SSSR count).